The maximum Gasteiger partial charge on any atom is 0.389 e. The van der Waals surface area contributed by atoms with E-state index in [1.807, 2.05) is 29.2 Å². The minimum Gasteiger partial charge on any atom is -0.384 e. The van der Waals surface area contributed by atoms with Crippen LogP contribution in [0.4, 0.5) is 23.7 Å². The normalized spacial score (nSPS) is 17.5. The summed E-state index contributed by atoms with van der Waals surface area (Å²) < 4.78 is 40.5. The fourth-order valence-electron chi connectivity index (χ4n) is 5.22. The molecule has 1 aliphatic carbocycles. The van der Waals surface area contributed by atoms with Gasteiger partial charge >= 0.3 is 12.2 Å². The van der Waals surface area contributed by atoms with Crippen LogP contribution in [0.3, 0.4) is 0 Å². The maximum atomic E-state index is 13.8. The highest BCUT2D eigenvalue weighted by atomic mass is 19.4. The van der Waals surface area contributed by atoms with Crippen LogP contribution in [0.15, 0.2) is 42.5 Å². The number of para-hydroxylation sites is 1. The zero-order valence-corrected chi connectivity index (χ0v) is 20.3. The number of hydrogen-bond donors (Lipinski definition) is 2. The molecule has 0 radical (unpaired) electrons. The number of fused-ring (bicyclic) bond motifs is 2. The SMILES string of the molecule is CC1(C)c2ccccc2N(Cc2nc3cc(C(=N)N)ccc3n2CCCC(F)(F)F)C(=O)N1C1CC1. The molecule has 10 heteroatoms. The van der Waals surface area contributed by atoms with Gasteiger partial charge in [0.05, 0.1) is 28.8 Å². The summed E-state index contributed by atoms with van der Waals surface area (Å²) in [5, 5.41) is 7.73. The average Bonchev–Trinajstić information content (AvgIpc) is 3.57. The number of nitrogen functional groups attached to an aromatic ring is 1. The summed E-state index contributed by atoms with van der Waals surface area (Å²) >= 11 is 0. The number of imidazole rings is 1. The van der Waals surface area contributed by atoms with Crippen molar-refractivity contribution in [3.8, 4) is 0 Å². The predicted octanol–water partition coefficient (Wildman–Crippen LogP) is 5.50. The highest BCUT2D eigenvalue weighted by Crippen LogP contribution is 2.46. The first kappa shape index (κ1) is 24.1. The fraction of sp³-hybridized carbons (Fsp3) is 0.423. The van der Waals surface area contributed by atoms with Crippen LogP contribution in [-0.2, 0) is 18.6 Å². The Morgan fingerprint density at radius 2 is 1.92 bits per heavy atom. The zero-order chi connectivity index (χ0) is 25.8. The van der Waals surface area contributed by atoms with Crippen molar-refractivity contribution in [1.82, 2.24) is 14.5 Å². The smallest absolute Gasteiger partial charge is 0.384 e. The second-order valence-corrected chi connectivity index (χ2v) is 10.1. The molecule has 36 heavy (non-hydrogen) atoms. The third kappa shape index (κ3) is 4.29. The van der Waals surface area contributed by atoms with Crippen LogP contribution in [0.25, 0.3) is 11.0 Å². The Hall–Kier alpha value is -3.56. The number of carbonyl (C=O) groups is 1. The van der Waals surface area contributed by atoms with Crippen LogP contribution in [-0.4, -0.2) is 38.5 Å². The first-order chi connectivity index (χ1) is 17.0. The van der Waals surface area contributed by atoms with Gasteiger partial charge in [-0.3, -0.25) is 10.3 Å². The Balaban J connectivity index is 1.57. The number of aromatic nitrogens is 2. The maximum absolute atomic E-state index is 13.8. The van der Waals surface area contributed by atoms with E-state index in [0.29, 0.717) is 22.4 Å². The second kappa shape index (κ2) is 8.53. The first-order valence-electron chi connectivity index (χ1n) is 12.1. The number of benzene rings is 2. The highest BCUT2D eigenvalue weighted by Gasteiger charge is 2.49. The van der Waals surface area contributed by atoms with Gasteiger partial charge in [-0.2, -0.15) is 13.2 Å². The molecule has 3 N–H and O–H groups in total. The molecule has 0 spiro atoms. The first-order valence-corrected chi connectivity index (χ1v) is 12.1. The Labute approximate surface area is 207 Å². The third-order valence-corrected chi connectivity index (χ3v) is 7.09. The van der Waals surface area contributed by atoms with Crippen molar-refractivity contribution in [2.45, 2.75) is 70.4 Å². The van der Waals surface area contributed by atoms with Gasteiger partial charge in [0.2, 0.25) is 0 Å². The van der Waals surface area contributed by atoms with Crippen molar-refractivity contribution < 1.29 is 18.0 Å². The summed E-state index contributed by atoms with van der Waals surface area (Å²) in [7, 11) is 0. The number of carbonyl (C=O) groups excluding carboxylic acids is 1. The van der Waals surface area contributed by atoms with Gasteiger partial charge in [-0.1, -0.05) is 18.2 Å². The number of amidine groups is 1. The number of nitrogens with one attached hydrogen (secondary N) is 1. The molecule has 0 atom stereocenters. The summed E-state index contributed by atoms with van der Waals surface area (Å²) in [6.07, 6.45) is -3.37. The Morgan fingerprint density at radius 1 is 1.19 bits per heavy atom. The third-order valence-electron chi connectivity index (χ3n) is 7.09. The molecular weight excluding hydrogens is 469 g/mol. The van der Waals surface area contributed by atoms with Gasteiger partial charge in [0.15, 0.2) is 0 Å². The lowest BCUT2D eigenvalue weighted by molar-refractivity contribution is -0.135. The average molecular weight is 499 g/mol. The minimum absolute atomic E-state index is 0.103. The summed E-state index contributed by atoms with van der Waals surface area (Å²) in [6, 6.07) is 12.9. The van der Waals surface area contributed by atoms with Crippen molar-refractivity contribution in [2.24, 2.45) is 5.73 Å². The van der Waals surface area contributed by atoms with Crippen molar-refractivity contribution in [2.75, 3.05) is 4.90 Å². The summed E-state index contributed by atoms with van der Waals surface area (Å²) in [5.41, 5.74) is 8.62. The van der Waals surface area contributed by atoms with E-state index >= 15 is 0 Å². The van der Waals surface area contributed by atoms with Gasteiger partial charge in [0, 0.05) is 30.1 Å². The molecule has 1 saturated carbocycles. The number of halogens is 3. The monoisotopic (exact) mass is 498 g/mol. The number of nitrogens with zero attached hydrogens (tertiary/aromatic N) is 4. The lowest BCUT2D eigenvalue weighted by Crippen LogP contribution is -2.57. The van der Waals surface area contributed by atoms with E-state index in [-0.39, 0.29) is 37.4 Å². The predicted molar refractivity (Wildman–Crippen MR) is 132 cm³/mol. The molecule has 0 bridgehead atoms. The lowest BCUT2D eigenvalue weighted by atomic mass is 9.88. The lowest BCUT2D eigenvalue weighted by Gasteiger charge is -2.48. The number of aryl methyl sites for hydroxylation is 1. The molecule has 5 rings (SSSR count). The van der Waals surface area contributed by atoms with Crippen LogP contribution in [0.1, 0.15) is 56.5 Å². The molecule has 0 unspecified atom stereocenters. The van der Waals surface area contributed by atoms with Gasteiger partial charge < -0.3 is 15.2 Å². The molecule has 7 nitrogen and oxygen atoms in total. The Kier molecular flexibility index (Phi) is 5.72. The number of amides is 2. The molecule has 1 aliphatic heterocycles. The van der Waals surface area contributed by atoms with Crippen molar-refractivity contribution in [1.29, 1.82) is 5.41 Å². The standard InChI is InChI=1S/C26H29F3N6O/c1-25(2)18-6-3-4-7-20(18)34(24(36)35(25)17-9-10-17)15-22-32-19-14-16(23(30)31)8-11-21(19)33(22)13-5-12-26(27,28)29/h3-4,6-8,11,14,17H,5,9-10,12-13,15H2,1-2H3,(H3,30,31). The molecule has 2 heterocycles. The number of hydrogen-bond acceptors (Lipinski definition) is 3. The van der Waals surface area contributed by atoms with Crippen molar-refractivity contribution in [3.63, 3.8) is 0 Å². The molecule has 3 aromatic rings. The summed E-state index contributed by atoms with van der Waals surface area (Å²) in [5.74, 6) is 0.374. The van der Waals surface area contributed by atoms with Crippen LogP contribution in [0.5, 0.6) is 0 Å². The summed E-state index contributed by atoms with van der Waals surface area (Å²) in [4.78, 5) is 22.2. The largest absolute Gasteiger partial charge is 0.389 e. The topological polar surface area (TPSA) is 91.2 Å². The van der Waals surface area contributed by atoms with E-state index in [4.69, 9.17) is 16.1 Å². The van der Waals surface area contributed by atoms with Crippen LogP contribution >= 0.6 is 0 Å². The van der Waals surface area contributed by atoms with Gasteiger partial charge in [-0.25, -0.2) is 9.78 Å². The minimum atomic E-state index is -4.25. The summed E-state index contributed by atoms with van der Waals surface area (Å²) in [6.45, 7) is 4.32. The number of anilines is 1. The number of alkyl halides is 3. The van der Waals surface area contributed by atoms with E-state index in [0.717, 1.165) is 24.1 Å². The van der Waals surface area contributed by atoms with Crippen molar-refractivity contribution >= 4 is 28.6 Å². The van der Waals surface area contributed by atoms with Gasteiger partial charge in [0.25, 0.3) is 0 Å². The van der Waals surface area contributed by atoms with Crippen molar-refractivity contribution in [3.05, 3.63) is 59.4 Å². The molecule has 2 aromatic carbocycles. The van der Waals surface area contributed by atoms with E-state index < -0.39 is 18.1 Å². The van der Waals surface area contributed by atoms with Gasteiger partial charge in [0.1, 0.15) is 11.7 Å². The Morgan fingerprint density at radius 3 is 2.58 bits per heavy atom. The quantitative estimate of drug-likeness (QED) is 0.333. The number of urea groups is 1. The Bertz CT molecular complexity index is 1340. The van der Waals surface area contributed by atoms with E-state index in [1.54, 1.807) is 27.7 Å². The molecule has 2 amide bonds. The highest BCUT2D eigenvalue weighted by molar-refractivity contribution is 5.98. The molecule has 1 aromatic heterocycles. The van der Waals surface area contributed by atoms with Crippen LogP contribution in [0, 0.1) is 5.41 Å². The second-order valence-electron chi connectivity index (χ2n) is 10.1. The fourth-order valence-corrected chi connectivity index (χ4v) is 5.22. The van der Waals surface area contributed by atoms with Crippen LogP contribution < -0.4 is 10.6 Å². The number of nitrogens with two attached hydrogens (primary N) is 1. The molecule has 190 valence electrons. The van der Waals surface area contributed by atoms with Crippen LogP contribution in [0.2, 0.25) is 0 Å². The van der Waals surface area contributed by atoms with E-state index in [1.165, 1.54) is 0 Å². The molecular formula is C26H29F3N6O. The molecule has 2 aliphatic rings. The van der Waals surface area contributed by atoms with Gasteiger partial charge in [-0.15, -0.1) is 0 Å². The zero-order valence-electron chi connectivity index (χ0n) is 20.3. The van der Waals surface area contributed by atoms with E-state index in [2.05, 4.69) is 13.8 Å². The molecule has 0 saturated heterocycles. The van der Waals surface area contributed by atoms with Gasteiger partial charge in [-0.05, 0) is 57.4 Å². The molecule has 1 fully saturated rings. The van der Waals surface area contributed by atoms with E-state index in [9.17, 15) is 18.0 Å². The number of rotatable bonds is 7.